The molecule has 0 radical (unpaired) electrons. The van der Waals surface area contributed by atoms with Crippen LogP contribution in [0.3, 0.4) is 0 Å². The lowest BCUT2D eigenvalue weighted by Crippen LogP contribution is -2.22. The summed E-state index contributed by atoms with van der Waals surface area (Å²) < 4.78 is 0. The molecule has 0 atom stereocenters. The standard InChI is InChI=1S/C12H15N5OS/c1-7-3-4-8(5-15-7)6-16-11(18)9-10(13)17-12(14-2)19-9/h3-5H,6,13H2,1-2H3,(H,14,17)(H,16,18). The summed E-state index contributed by atoms with van der Waals surface area (Å²) in [5.41, 5.74) is 7.58. The van der Waals surface area contributed by atoms with Gasteiger partial charge in [0.1, 0.15) is 10.7 Å². The van der Waals surface area contributed by atoms with Crippen molar-refractivity contribution >= 4 is 28.2 Å². The van der Waals surface area contributed by atoms with E-state index < -0.39 is 0 Å². The fourth-order valence-electron chi connectivity index (χ4n) is 1.47. The average molecular weight is 277 g/mol. The molecule has 0 unspecified atom stereocenters. The number of carbonyl (C=O) groups is 1. The van der Waals surface area contributed by atoms with Gasteiger partial charge >= 0.3 is 0 Å². The maximum Gasteiger partial charge on any atom is 0.265 e. The van der Waals surface area contributed by atoms with Crippen molar-refractivity contribution < 1.29 is 4.79 Å². The van der Waals surface area contributed by atoms with Crippen LogP contribution >= 0.6 is 11.3 Å². The predicted molar refractivity (Wildman–Crippen MR) is 76.2 cm³/mol. The Morgan fingerprint density at radius 2 is 2.26 bits per heavy atom. The number of hydrogen-bond donors (Lipinski definition) is 3. The van der Waals surface area contributed by atoms with Gasteiger partial charge in [-0.2, -0.15) is 0 Å². The highest BCUT2D eigenvalue weighted by molar-refractivity contribution is 7.18. The number of anilines is 2. The summed E-state index contributed by atoms with van der Waals surface area (Å²) in [6.07, 6.45) is 1.74. The first-order valence-electron chi connectivity index (χ1n) is 5.74. The zero-order valence-corrected chi connectivity index (χ0v) is 11.5. The average Bonchev–Trinajstić information content (AvgIpc) is 2.79. The minimum absolute atomic E-state index is 0.225. The van der Waals surface area contributed by atoms with Crippen molar-refractivity contribution in [2.75, 3.05) is 18.1 Å². The molecule has 0 fully saturated rings. The number of pyridine rings is 1. The van der Waals surface area contributed by atoms with Crippen LogP contribution in [0, 0.1) is 6.92 Å². The van der Waals surface area contributed by atoms with Crippen molar-refractivity contribution in [1.29, 1.82) is 0 Å². The van der Waals surface area contributed by atoms with Gasteiger partial charge in [0, 0.05) is 25.5 Å². The second-order valence-corrected chi connectivity index (χ2v) is 4.97. The van der Waals surface area contributed by atoms with E-state index in [9.17, 15) is 4.79 Å². The van der Waals surface area contributed by atoms with Gasteiger partial charge in [0.25, 0.3) is 5.91 Å². The molecule has 0 bridgehead atoms. The number of carbonyl (C=O) groups excluding carboxylic acids is 1. The monoisotopic (exact) mass is 277 g/mol. The van der Waals surface area contributed by atoms with Crippen molar-refractivity contribution in [3.8, 4) is 0 Å². The van der Waals surface area contributed by atoms with Gasteiger partial charge in [-0.25, -0.2) is 4.98 Å². The van der Waals surface area contributed by atoms with Gasteiger partial charge in [0.2, 0.25) is 0 Å². The molecular formula is C12H15N5OS. The highest BCUT2D eigenvalue weighted by Gasteiger charge is 2.15. The number of nitrogens with one attached hydrogen (secondary N) is 2. The van der Waals surface area contributed by atoms with Crippen LogP contribution < -0.4 is 16.4 Å². The van der Waals surface area contributed by atoms with Gasteiger partial charge in [-0.3, -0.25) is 9.78 Å². The Bertz CT molecular complexity index is 578. The largest absolute Gasteiger partial charge is 0.382 e. The van der Waals surface area contributed by atoms with Crippen LogP contribution in [0.2, 0.25) is 0 Å². The Balaban J connectivity index is 2.01. The Hall–Kier alpha value is -2.15. The lowest BCUT2D eigenvalue weighted by atomic mass is 10.2. The van der Waals surface area contributed by atoms with Gasteiger partial charge < -0.3 is 16.4 Å². The second-order valence-electron chi connectivity index (χ2n) is 3.97. The SMILES string of the molecule is CNc1nc(N)c(C(=O)NCc2ccc(C)nc2)s1. The summed E-state index contributed by atoms with van der Waals surface area (Å²) in [6.45, 7) is 2.33. The van der Waals surface area contributed by atoms with Crippen LogP contribution in [0.25, 0.3) is 0 Å². The molecule has 2 aromatic rings. The first kappa shape index (κ1) is 13.3. The van der Waals surface area contributed by atoms with Crippen molar-refractivity contribution in [2.45, 2.75) is 13.5 Å². The third-order valence-electron chi connectivity index (χ3n) is 2.50. The maximum absolute atomic E-state index is 12.0. The molecule has 2 heterocycles. The van der Waals surface area contributed by atoms with Crippen molar-refractivity contribution in [3.05, 3.63) is 34.5 Å². The normalized spacial score (nSPS) is 10.2. The topological polar surface area (TPSA) is 92.9 Å². The van der Waals surface area contributed by atoms with Gasteiger partial charge in [-0.15, -0.1) is 0 Å². The molecule has 7 heteroatoms. The van der Waals surface area contributed by atoms with Crippen LogP contribution in [0.15, 0.2) is 18.3 Å². The van der Waals surface area contributed by atoms with Crippen LogP contribution in [0.4, 0.5) is 10.9 Å². The molecule has 0 aliphatic carbocycles. The number of nitrogens with zero attached hydrogens (tertiary/aromatic N) is 2. The molecule has 0 spiro atoms. The number of thiazole rings is 1. The Morgan fingerprint density at radius 1 is 1.47 bits per heavy atom. The van der Waals surface area contributed by atoms with Gasteiger partial charge in [0.05, 0.1) is 0 Å². The molecule has 19 heavy (non-hydrogen) atoms. The van der Waals surface area contributed by atoms with Gasteiger partial charge in [0.15, 0.2) is 5.13 Å². The fourth-order valence-corrected chi connectivity index (χ4v) is 2.22. The number of hydrogen-bond acceptors (Lipinski definition) is 6. The van der Waals surface area contributed by atoms with Gasteiger partial charge in [-0.05, 0) is 18.6 Å². The number of aryl methyl sites for hydroxylation is 1. The van der Waals surface area contributed by atoms with Crippen molar-refractivity contribution in [1.82, 2.24) is 15.3 Å². The van der Waals surface area contributed by atoms with Crippen molar-refractivity contribution in [2.24, 2.45) is 0 Å². The summed E-state index contributed by atoms with van der Waals surface area (Å²) in [4.78, 5) is 20.6. The van der Waals surface area contributed by atoms with E-state index >= 15 is 0 Å². The number of aromatic nitrogens is 2. The lowest BCUT2D eigenvalue weighted by Gasteiger charge is -2.04. The molecule has 1 amide bonds. The smallest absolute Gasteiger partial charge is 0.265 e. The molecule has 2 aromatic heterocycles. The minimum Gasteiger partial charge on any atom is -0.382 e. The molecular weight excluding hydrogens is 262 g/mol. The summed E-state index contributed by atoms with van der Waals surface area (Å²) >= 11 is 1.23. The molecule has 0 saturated carbocycles. The van der Waals surface area contributed by atoms with E-state index in [0.29, 0.717) is 16.6 Å². The Labute approximate surface area is 115 Å². The molecule has 0 aliphatic rings. The predicted octanol–water partition coefficient (Wildman–Crippen LogP) is 1.40. The molecule has 2 rings (SSSR count). The summed E-state index contributed by atoms with van der Waals surface area (Å²) in [5.74, 6) is 0.0194. The Kier molecular flexibility index (Phi) is 3.96. The summed E-state index contributed by atoms with van der Waals surface area (Å²) in [5, 5.41) is 6.28. The lowest BCUT2D eigenvalue weighted by molar-refractivity contribution is 0.0955. The van der Waals surface area contributed by atoms with Gasteiger partial charge in [-0.1, -0.05) is 17.4 Å². The highest BCUT2D eigenvalue weighted by atomic mass is 32.1. The third kappa shape index (κ3) is 3.19. The summed E-state index contributed by atoms with van der Waals surface area (Å²) in [7, 11) is 1.73. The molecule has 0 aromatic carbocycles. The zero-order valence-electron chi connectivity index (χ0n) is 10.7. The number of rotatable bonds is 4. The molecule has 100 valence electrons. The minimum atomic E-state index is -0.225. The quantitative estimate of drug-likeness (QED) is 0.785. The first-order valence-corrected chi connectivity index (χ1v) is 6.55. The first-order chi connectivity index (χ1) is 9.10. The molecule has 0 saturated heterocycles. The van der Waals surface area contributed by atoms with Crippen LogP contribution in [0.5, 0.6) is 0 Å². The van der Waals surface area contributed by atoms with E-state index in [4.69, 9.17) is 5.73 Å². The molecule has 4 N–H and O–H groups in total. The van der Waals surface area contributed by atoms with E-state index in [0.717, 1.165) is 11.3 Å². The van der Waals surface area contributed by atoms with Crippen molar-refractivity contribution in [3.63, 3.8) is 0 Å². The van der Waals surface area contributed by atoms with E-state index in [1.807, 2.05) is 19.1 Å². The zero-order chi connectivity index (χ0) is 13.8. The fraction of sp³-hybridized carbons (Fsp3) is 0.250. The third-order valence-corrected chi connectivity index (χ3v) is 3.59. The maximum atomic E-state index is 12.0. The number of nitrogen functional groups attached to an aromatic ring is 1. The highest BCUT2D eigenvalue weighted by Crippen LogP contribution is 2.24. The van der Waals surface area contributed by atoms with E-state index in [1.165, 1.54) is 11.3 Å². The number of amides is 1. The van der Waals surface area contributed by atoms with E-state index in [1.54, 1.807) is 13.2 Å². The van der Waals surface area contributed by atoms with E-state index in [-0.39, 0.29) is 11.7 Å². The second kappa shape index (κ2) is 5.66. The van der Waals surface area contributed by atoms with E-state index in [2.05, 4.69) is 20.6 Å². The summed E-state index contributed by atoms with van der Waals surface area (Å²) in [6, 6.07) is 3.83. The number of nitrogens with two attached hydrogens (primary N) is 1. The van der Waals surface area contributed by atoms with Crippen LogP contribution in [0.1, 0.15) is 20.9 Å². The van der Waals surface area contributed by atoms with Crippen LogP contribution in [-0.4, -0.2) is 22.9 Å². The molecule has 6 nitrogen and oxygen atoms in total. The molecule has 0 aliphatic heterocycles. The van der Waals surface area contributed by atoms with Crippen LogP contribution in [-0.2, 0) is 6.54 Å². The Morgan fingerprint density at radius 3 is 2.84 bits per heavy atom.